The number of non-ortho nitro benzene ring substituents is 1. The molecule has 0 atom stereocenters. The van der Waals surface area contributed by atoms with Crippen molar-refractivity contribution in [3.8, 4) is 0 Å². The summed E-state index contributed by atoms with van der Waals surface area (Å²) in [7, 11) is 1.81. The topological polar surface area (TPSA) is 66.6 Å². The van der Waals surface area contributed by atoms with Crippen molar-refractivity contribution >= 4 is 5.69 Å². The van der Waals surface area contributed by atoms with Gasteiger partial charge in [0.1, 0.15) is 5.82 Å². The van der Waals surface area contributed by atoms with Gasteiger partial charge in [-0.3, -0.25) is 10.1 Å². The minimum Gasteiger partial charge on any atom is -0.396 e. The van der Waals surface area contributed by atoms with Gasteiger partial charge in [-0.25, -0.2) is 4.39 Å². The van der Waals surface area contributed by atoms with E-state index >= 15 is 0 Å². The van der Waals surface area contributed by atoms with Gasteiger partial charge in [0, 0.05) is 25.8 Å². The minimum atomic E-state index is -0.611. The molecule has 0 fully saturated rings. The van der Waals surface area contributed by atoms with E-state index in [0.29, 0.717) is 25.1 Å². The maximum Gasteiger partial charge on any atom is 0.272 e. The Hall–Kier alpha value is -1.53. The number of nitro groups is 1. The number of rotatable bonds is 6. The number of nitrogens with zero attached hydrogens (tertiary/aromatic N) is 2. The zero-order valence-electron chi connectivity index (χ0n) is 9.60. The van der Waals surface area contributed by atoms with Crippen LogP contribution >= 0.6 is 0 Å². The molecule has 0 saturated heterocycles. The molecule has 0 radical (unpaired) electrons. The van der Waals surface area contributed by atoms with Crippen LogP contribution in [0.2, 0.25) is 0 Å². The summed E-state index contributed by atoms with van der Waals surface area (Å²) in [5.41, 5.74) is 0.313. The van der Waals surface area contributed by atoms with E-state index in [0.717, 1.165) is 6.07 Å². The molecular weight excluding hydrogens is 227 g/mol. The van der Waals surface area contributed by atoms with Crippen LogP contribution in [-0.2, 0) is 6.54 Å². The molecule has 5 nitrogen and oxygen atoms in total. The van der Waals surface area contributed by atoms with Crippen LogP contribution < -0.4 is 0 Å². The van der Waals surface area contributed by atoms with E-state index in [1.807, 2.05) is 11.9 Å². The third kappa shape index (κ3) is 4.46. The lowest BCUT2D eigenvalue weighted by Gasteiger charge is -2.15. The molecule has 0 unspecified atom stereocenters. The van der Waals surface area contributed by atoms with Gasteiger partial charge in [0.25, 0.3) is 5.69 Å². The zero-order chi connectivity index (χ0) is 12.8. The Bertz CT molecular complexity index is 398. The second-order valence-corrected chi connectivity index (χ2v) is 3.89. The monoisotopic (exact) mass is 242 g/mol. The van der Waals surface area contributed by atoms with Crippen LogP contribution in [0.3, 0.4) is 0 Å². The van der Waals surface area contributed by atoms with E-state index in [9.17, 15) is 14.5 Å². The molecule has 0 amide bonds. The first-order chi connectivity index (χ1) is 8.02. The molecule has 0 aliphatic carbocycles. The van der Waals surface area contributed by atoms with Crippen molar-refractivity contribution in [1.29, 1.82) is 0 Å². The van der Waals surface area contributed by atoms with Crippen LogP contribution in [-0.4, -0.2) is 35.1 Å². The van der Waals surface area contributed by atoms with E-state index in [2.05, 4.69) is 0 Å². The Morgan fingerprint density at radius 1 is 1.47 bits per heavy atom. The van der Waals surface area contributed by atoms with E-state index in [1.165, 1.54) is 12.1 Å². The van der Waals surface area contributed by atoms with Crippen molar-refractivity contribution in [3.63, 3.8) is 0 Å². The highest BCUT2D eigenvalue weighted by Crippen LogP contribution is 2.17. The van der Waals surface area contributed by atoms with Gasteiger partial charge < -0.3 is 10.0 Å². The fourth-order valence-electron chi connectivity index (χ4n) is 1.56. The predicted molar refractivity (Wildman–Crippen MR) is 61.1 cm³/mol. The van der Waals surface area contributed by atoms with Gasteiger partial charge in [0.2, 0.25) is 0 Å². The van der Waals surface area contributed by atoms with Gasteiger partial charge >= 0.3 is 0 Å². The van der Waals surface area contributed by atoms with Crippen LogP contribution in [0.15, 0.2) is 18.2 Å². The Labute approximate surface area is 98.6 Å². The van der Waals surface area contributed by atoms with Crippen molar-refractivity contribution in [2.75, 3.05) is 20.2 Å². The van der Waals surface area contributed by atoms with Gasteiger partial charge in [0.05, 0.1) is 11.0 Å². The van der Waals surface area contributed by atoms with Crippen molar-refractivity contribution in [2.45, 2.75) is 13.0 Å². The molecule has 0 saturated carbocycles. The van der Waals surface area contributed by atoms with E-state index in [1.54, 1.807) is 0 Å². The fourth-order valence-corrected chi connectivity index (χ4v) is 1.56. The summed E-state index contributed by atoms with van der Waals surface area (Å²) in [6, 6.07) is 3.54. The normalized spacial score (nSPS) is 10.8. The van der Waals surface area contributed by atoms with Gasteiger partial charge in [0.15, 0.2) is 0 Å². The quantitative estimate of drug-likeness (QED) is 0.607. The number of aliphatic hydroxyl groups excluding tert-OH is 1. The Morgan fingerprint density at radius 2 is 2.18 bits per heavy atom. The number of halogens is 1. The molecule has 0 bridgehead atoms. The molecule has 6 heteroatoms. The lowest BCUT2D eigenvalue weighted by Crippen LogP contribution is -2.20. The molecule has 0 aliphatic heterocycles. The average molecular weight is 242 g/mol. The smallest absolute Gasteiger partial charge is 0.272 e. The van der Waals surface area contributed by atoms with E-state index in [-0.39, 0.29) is 12.3 Å². The molecular formula is C11H15FN2O3. The zero-order valence-corrected chi connectivity index (χ0v) is 9.60. The summed E-state index contributed by atoms with van der Waals surface area (Å²) in [6.07, 6.45) is 0.619. The van der Waals surface area contributed by atoms with Gasteiger partial charge in [-0.2, -0.15) is 0 Å². The first-order valence-corrected chi connectivity index (χ1v) is 5.26. The molecule has 1 aromatic rings. The van der Waals surface area contributed by atoms with Crippen LogP contribution in [0, 0.1) is 15.9 Å². The summed E-state index contributed by atoms with van der Waals surface area (Å²) in [4.78, 5) is 11.8. The lowest BCUT2D eigenvalue weighted by atomic mass is 10.2. The Balaban J connectivity index is 2.73. The summed E-state index contributed by atoms with van der Waals surface area (Å²) in [5, 5.41) is 19.2. The third-order valence-corrected chi connectivity index (χ3v) is 2.30. The number of aliphatic hydroxyl groups is 1. The lowest BCUT2D eigenvalue weighted by molar-refractivity contribution is -0.385. The largest absolute Gasteiger partial charge is 0.396 e. The van der Waals surface area contributed by atoms with Crippen molar-refractivity contribution < 1.29 is 14.4 Å². The van der Waals surface area contributed by atoms with E-state index < -0.39 is 10.7 Å². The van der Waals surface area contributed by atoms with Gasteiger partial charge in [-0.15, -0.1) is 0 Å². The summed E-state index contributed by atoms with van der Waals surface area (Å²) in [6.45, 7) is 1.16. The second kappa shape index (κ2) is 6.27. The molecule has 1 rings (SSSR count). The standard InChI is InChI=1S/C11H15FN2O3/c1-13(3-2-4-15)8-9-5-10(12)7-11(6-9)14(16)17/h5-7,15H,2-4,8H2,1H3. The molecule has 17 heavy (non-hydrogen) atoms. The highest BCUT2D eigenvalue weighted by Gasteiger charge is 2.10. The van der Waals surface area contributed by atoms with Crippen molar-refractivity contribution in [1.82, 2.24) is 4.90 Å². The predicted octanol–water partition coefficient (Wildman–Crippen LogP) is 1.55. The average Bonchev–Trinajstić information content (AvgIpc) is 2.25. The SMILES string of the molecule is CN(CCCO)Cc1cc(F)cc([N+](=O)[O-])c1. The Morgan fingerprint density at radius 3 is 2.76 bits per heavy atom. The number of hydrogen-bond donors (Lipinski definition) is 1. The molecule has 94 valence electrons. The Kier molecular flexibility index (Phi) is 4.99. The molecule has 1 N–H and O–H groups in total. The van der Waals surface area contributed by atoms with Crippen LogP contribution in [0.25, 0.3) is 0 Å². The van der Waals surface area contributed by atoms with Crippen LogP contribution in [0.4, 0.5) is 10.1 Å². The molecule has 1 aromatic carbocycles. The van der Waals surface area contributed by atoms with Crippen LogP contribution in [0.1, 0.15) is 12.0 Å². The summed E-state index contributed by atoms with van der Waals surface area (Å²) < 4.78 is 13.1. The highest BCUT2D eigenvalue weighted by molar-refractivity contribution is 5.35. The van der Waals surface area contributed by atoms with Crippen LogP contribution in [0.5, 0.6) is 0 Å². The maximum atomic E-state index is 13.1. The number of nitro benzene ring substituents is 1. The van der Waals surface area contributed by atoms with Crippen molar-refractivity contribution in [2.24, 2.45) is 0 Å². The first-order valence-electron chi connectivity index (χ1n) is 5.26. The summed E-state index contributed by atoms with van der Waals surface area (Å²) >= 11 is 0. The van der Waals surface area contributed by atoms with Gasteiger partial charge in [-0.1, -0.05) is 0 Å². The number of benzene rings is 1. The minimum absolute atomic E-state index is 0.0909. The molecule has 0 aromatic heterocycles. The second-order valence-electron chi connectivity index (χ2n) is 3.89. The molecule has 0 aliphatic rings. The number of hydrogen-bond acceptors (Lipinski definition) is 4. The highest BCUT2D eigenvalue weighted by atomic mass is 19.1. The fraction of sp³-hybridized carbons (Fsp3) is 0.455. The van der Waals surface area contributed by atoms with Crippen molar-refractivity contribution in [3.05, 3.63) is 39.7 Å². The van der Waals surface area contributed by atoms with Gasteiger partial charge in [-0.05, 0) is 25.1 Å². The van der Waals surface area contributed by atoms with E-state index in [4.69, 9.17) is 5.11 Å². The first kappa shape index (κ1) is 13.5. The third-order valence-electron chi connectivity index (χ3n) is 2.30. The maximum absolute atomic E-state index is 13.1. The summed E-state index contributed by atoms with van der Waals surface area (Å²) in [5.74, 6) is -0.607. The molecule has 0 spiro atoms. The molecule has 0 heterocycles.